The van der Waals surface area contributed by atoms with Crippen LogP contribution in [0.4, 0.5) is 4.39 Å². The van der Waals surface area contributed by atoms with Gasteiger partial charge in [0.05, 0.1) is 6.10 Å². The number of tetrazole rings is 1. The van der Waals surface area contributed by atoms with Crippen molar-refractivity contribution in [3.63, 3.8) is 0 Å². The van der Waals surface area contributed by atoms with Gasteiger partial charge in [-0.1, -0.05) is 0 Å². The Labute approximate surface area is 126 Å². The number of carbonyl (C=O) groups is 1. The first-order chi connectivity index (χ1) is 10.7. The molecule has 7 nitrogen and oxygen atoms in total. The molecule has 1 amide bonds. The molecule has 2 aromatic rings. The average molecular weight is 305 g/mol. The minimum Gasteiger partial charge on any atom is -0.376 e. The van der Waals surface area contributed by atoms with E-state index in [4.69, 9.17) is 4.74 Å². The van der Waals surface area contributed by atoms with Crippen LogP contribution < -0.4 is 5.32 Å². The van der Waals surface area contributed by atoms with Crippen molar-refractivity contribution in [2.24, 2.45) is 0 Å². The lowest BCUT2D eigenvalue weighted by molar-refractivity contribution is -0.122. The molecule has 0 saturated carbocycles. The van der Waals surface area contributed by atoms with Gasteiger partial charge >= 0.3 is 0 Å². The molecule has 0 radical (unpaired) electrons. The second-order valence-corrected chi connectivity index (χ2v) is 5.09. The van der Waals surface area contributed by atoms with Gasteiger partial charge in [-0.15, -0.1) is 10.2 Å². The fraction of sp³-hybridized carbons (Fsp3) is 0.429. The van der Waals surface area contributed by atoms with E-state index in [1.165, 1.54) is 16.9 Å². The van der Waals surface area contributed by atoms with Crippen LogP contribution in [0.15, 0.2) is 24.3 Å². The summed E-state index contributed by atoms with van der Waals surface area (Å²) in [5.74, 6) is -0.171. The fourth-order valence-electron chi connectivity index (χ4n) is 2.24. The molecule has 8 heteroatoms. The smallest absolute Gasteiger partial charge is 0.243 e. The first-order valence-electron chi connectivity index (χ1n) is 7.13. The van der Waals surface area contributed by atoms with Crippen molar-refractivity contribution in [3.05, 3.63) is 30.1 Å². The number of aromatic nitrogens is 4. The third-order valence-electron chi connectivity index (χ3n) is 3.39. The van der Waals surface area contributed by atoms with E-state index in [1.807, 2.05) is 0 Å². The Hall–Kier alpha value is -2.35. The molecule has 0 bridgehead atoms. The summed E-state index contributed by atoms with van der Waals surface area (Å²) in [6.07, 6.45) is 2.10. The normalized spacial score (nSPS) is 17.6. The van der Waals surface area contributed by atoms with Crippen molar-refractivity contribution in [2.45, 2.75) is 25.5 Å². The van der Waals surface area contributed by atoms with Crippen LogP contribution in [0.2, 0.25) is 0 Å². The standard InChI is InChI=1S/C14H16FN5O2/c15-11-5-3-10(4-6-11)14-17-19-20(18-14)9-13(21)16-8-12-2-1-7-22-12/h3-6,12H,1-2,7-9H2,(H,16,21). The summed E-state index contributed by atoms with van der Waals surface area (Å²) in [7, 11) is 0. The van der Waals surface area contributed by atoms with Crippen molar-refractivity contribution in [2.75, 3.05) is 13.2 Å². The van der Waals surface area contributed by atoms with Gasteiger partial charge in [-0.05, 0) is 42.3 Å². The zero-order valence-electron chi connectivity index (χ0n) is 11.9. The zero-order chi connectivity index (χ0) is 15.4. The van der Waals surface area contributed by atoms with E-state index in [9.17, 15) is 9.18 Å². The molecule has 0 aliphatic carbocycles. The van der Waals surface area contributed by atoms with Crippen molar-refractivity contribution in [1.82, 2.24) is 25.5 Å². The highest BCUT2D eigenvalue weighted by Gasteiger charge is 2.16. The van der Waals surface area contributed by atoms with Crippen molar-refractivity contribution < 1.29 is 13.9 Å². The van der Waals surface area contributed by atoms with Gasteiger partial charge < -0.3 is 10.1 Å². The van der Waals surface area contributed by atoms with Gasteiger partial charge in [0.2, 0.25) is 11.7 Å². The van der Waals surface area contributed by atoms with E-state index >= 15 is 0 Å². The molecule has 116 valence electrons. The summed E-state index contributed by atoms with van der Waals surface area (Å²) in [4.78, 5) is 13.0. The van der Waals surface area contributed by atoms with E-state index in [-0.39, 0.29) is 24.4 Å². The second kappa shape index (κ2) is 6.61. The highest BCUT2D eigenvalue weighted by Crippen LogP contribution is 2.13. The molecule has 1 N–H and O–H groups in total. The lowest BCUT2D eigenvalue weighted by Gasteiger charge is -2.10. The van der Waals surface area contributed by atoms with E-state index < -0.39 is 0 Å². The van der Waals surface area contributed by atoms with Gasteiger partial charge in [-0.25, -0.2) is 4.39 Å². The third kappa shape index (κ3) is 3.64. The zero-order valence-corrected chi connectivity index (χ0v) is 11.9. The van der Waals surface area contributed by atoms with Crippen LogP contribution in [0.1, 0.15) is 12.8 Å². The number of benzene rings is 1. The molecule has 1 aromatic heterocycles. The molecule has 1 aliphatic rings. The number of rotatable bonds is 5. The SMILES string of the molecule is O=C(Cn1nnc(-c2ccc(F)cc2)n1)NCC1CCCO1. The molecular weight excluding hydrogens is 289 g/mol. The number of hydrogen-bond donors (Lipinski definition) is 1. The molecule has 1 unspecified atom stereocenters. The quantitative estimate of drug-likeness (QED) is 0.882. The Morgan fingerprint density at radius 1 is 1.41 bits per heavy atom. The number of amides is 1. The number of ether oxygens (including phenoxy) is 1. The van der Waals surface area contributed by atoms with Gasteiger partial charge in [-0.3, -0.25) is 4.79 Å². The second-order valence-electron chi connectivity index (χ2n) is 5.09. The van der Waals surface area contributed by atoms with E-state index in [2.05, 4.69) is 20.7 Å². The van der Waals surface area contributed by atoms with Gasteiger partial charge in [0.25, 0.3) is 0 Å². The summed E-state index contributed by atoms with van der Waals surface area (Å²) in [6, 6.07) is 5.77. The fourth-order valence-corrected chi connectivity index (χ4v) is 2.24. The summed E-state index contributed by atoms with van der Waals surface area (Å²) in [6.45, 7) is 1.24. The van der Waals surface area contributed by atoms with Crippen molar-refractivity contribution in [1.29, 1.82) is 0 Å². The number of carbonyl (C=O) groups excluding carboxylic acids is 1. The van der Waals surface area contributed by atoms with Crippen LogP contribution in [0.25, 0.3) is 11.4 Å². The highest BCUT2D eigenvalue weighted by molar-refractivity contribution is 5.75. The Morgan fingerprint density at radius 2 is 2.23 bits per heavy atom. The summed E-state index contributed by atoms with van der Waals surface area (Å²) < 4.78 is 18.3. The molecule has 1 aliphatic heterocycles. The maximum absolute atomic E-state index is 12.9. The number of hydrogen-bond acceptors (Lipinski definition) is 5. The van der Waals surface area contributed by atoms with Crippen molar-refractivity contribution in [3.8, 4) is 11.4 Å². The average Bonchev–Trinajstić information content (AvgIpc) is 3.17. The first kappa shape index (κ1) is 14.6. The Kier molecular flexibility index (Phi) is 4.38. The van der Waals surface area contributed by atoms with Gasteiger partial charge in [0.1, 0.15) is 12.4 Å². The third-order valence-corrected chi connectivity index (χ3v) is 3.39. The largest absolute Gasteiger partial charge is 0.376 e. The summed E-state index contributed by atoms with van der Waals surface area (Å²) in [5.41, 5.74) is 0.646. The Bertz CT molecular complexity index is 637. The van der Waals surface area contributed by atoms with Gasteiger partial charge in [0, 0.05) is 18.7 Å². The van der Waals surface area contributed by atoms with E-state index in [1.54, 1.807) is 12.1 Å². The molecule has 0 spiro atoms. The summed E-state index contributed by atoms with van der Waals surface area (Å²) in [5, 5.41) is 14.6. The molecular formula is C14H16FN5O2. The minimum absolute atomic E-state index is 0.0130. The maximum Gasteiger partial charge on any atom is 0.243 e. The van der Waals surface area contributed by atoms with E-state index in [0.717, 1.165) is 19.4 Å². The highest BCUT2D eigenvalue weighted by atomic mass is 19.1. The van der Waals surface area contributed by atoms with E-state index in [0.29, 0.717) is 17.9 Å². The molecule has 22 heavy (non-hydrogen) atoms. The molecule has 1 saturated heterocycles. The van der Waals surface area contributed by atoms with Crippen LogP contribution >= 0.6 is 0 Å². The molecule has 1 atom stereocenters. The van der Waals surface area contributed by atoms with Crippen molar-refractivity contribution >= 4 is 5.91 Å². The predicted molar refractivity (Wildman–Crippen MR) is 75.2 cm³/mol. The van der Waals surface area contributed by atoms with Crippen LogP contribution in [0.5, 0.6) is 0 Å². The molecule has 1 fully saturated rings. The van der Waals surface area contributed by atoms with Gasteiger partial charge in [-0.2, -0.15) is 4.80 Å². The topological polar surface area (TPSA) is 81.9 Å². The van der Waals surface area contributed by atoms with Crippen LogP contribution in [0, 0.1) is 5.82 Å². The molecule has 3 rings (SSSR count). The maximum atomic E-state index is 12.9. The predicted octanol–water partition coefficient (Wildman–Crippen LogP) is 0.774. The lowest BCUT2D eigenvalue weighted by atomic mass is 10.2. The Morgan fingerprint density at radius 3 is 2.95 bits per heavy atom. The van der Waals surface area contributed by atoms with Crippen LogP contribution in [0.3, 0.4) is 0 Å². The lowest BCUT2D eigenvalue weighted by Crippen LogP contribution is -2.34. The van der Waals surface area contributed by atoms with Gasteiger partial charge in [0.15, 0.2) is 0 Å². The monoisotopic (exact) mass is 305 g/mol. The van der Waals surface area contributed by atoms with Crippen LogP contribution in [-0.2, 0) is 16.1 Å². The minimum atomic E-state index is -0.329. The molecule has 1 aromatic carbocycles. The summed E-state index contributed by atoms with van der Waals surface area (Å²) >= 11 is 0. The Balaban J connectivity index is 1.54. The first-order valence-corrected chi connectivity index (χ1v) is 7.13. The molecule has 2 heterocycles. The van der Waals surface area contributed by atoms with Crippen LogP contribution in [-0.4, -0.2) is 45.4 Å². The number of halogens is 1. The number of nitrogens with one attached hydrogen (secondary N) is 1. The number of nitrogens with zero attached hydrogens (tertiary/aromatic N) is 4.